The molecule has 0 spiro atoms. The van der Waals surface area contributed by atoms with E-state index in [0.717, 1.165) is 12.1 Å². The van der Waals surface area contributed by atoms with Crippen molar-refractivity contribution in [2.24, 2.45) is 0 Å². The van der Waals surface area contributed by atoms with Crippen molar-refractivity contribution in [3.63, 3.8) is 0 Å². The summed E-state index contributed by atoms with van der Waals surface area (Å²) in [6.45, 7) is 1.17. The standard InChI is InChI=1S/C10H10F2N2O3/c11-7-1-2-8(14(15)16)9(12)10(7)17-6-3-4-13-5-6/h1-2,6,13H,3-5H2. The van der Waals surface area contributed by atoms with Crippen LogP contribution in [-0.2, 0) is 0 Å². The number of halogens is 2. The number of nitrogens with zero attached hydrogens (tertiary/aromatic N) is 1. The second-order valence-corrected chi connectivity index (χ2v) is 3.70. The van der Waals surface area contributed by atoms with E-state index in [2.05, 4.69) is 5.32 Å². The number of ether oxygens (including phenoxy) is 1. The summed E-state index contributed by atoms with van der Waals surface area (Å²) in [7, 11) is 0. The maximum atomic E-state index is 13.6. The number of nitrogens with one attached hydrogen (secondary N) is 1. The summed E-state index contributed by atoms with van der Waals surface area (Å²) in [4.78, 5) is 9.59. The van der Waals surface area contributed by atoms with Gasteiger partial charge in [-0.3, -0.25) is 10.1 Å². The van der Waals surface area contributed by atoms with Crippen molar-refractivity contribution in [3.8, 4) is 5.75 Å². The molecule has 1 aliphatic heterocycles. The van der Waals surface area contributed by atoms with Gasteiger partial charge in [-0.2, -0.15) is 4.39 Å². The van der Waals surface area contributed by atoms with Crippen LogP contribution in [0.4, 0.5) is 14.5 Å². The average molecular weight is 244 g/mol. The Morgan fingerprint density at radius 1 is 1.47 bits per heavy atom. The van der Waals surface area contributed by atoms with E-state index >= 15 is 0 Å². The first-order valence-corrected chi connectivity index (χ1v) is 5.09. The Balaban J connectivity index is 2.30. The molecule has 1 fully saturated rings. The van der Waals surface area contributed by atoms with Crippen molar-refractivity contribution in [2.75, 3.05) is 13.1 Å². The van der Waals surface area contributed by atoms with Gasteiger partial charge in [0.1, 0.15) is 6.10 Å². The van der Waals surface area contributed by atoms with Crippen LogP contribution in [0.2, 0.25) is 0 Å². The number of nitro benzene ring substituents is 1. The first-order valence-electron chi connectivity index (χ1n) is 5.09. The summed E-state index contributed by atoms with van der Waals surface area (Å²) in [5.74, 6) is -2.87. The van der Waals surface area contributed by atoms with Gasteiger partial charge in [0.25, 0.3) is 0 Å². The molecule has 7 heteroatoms. The second-order valence-electron chi connectivity index (χ2n) is 3.70. The lowest BCUT2D eigenvalue weighted by Crippen LogP contribution is -2.20. The Kier molecular flexibility index (Phi) is 3.19. The fourth-order valence-electron chi connectivity index (χ4n) is 1.67. The van der Waals surface area contributed by atoms with Gasteiger partial charge in [0.15, 0.2) is 11.6 Å². The van der Waals surface area contributed by atoms with E-state index in [1.54, 1.807) is 0 Å². The molecule has 1 heterocycles. The minimum absolute atomic E-state index is 0.360. The molecule has 0 aliphatic carbocycles. The lowest BCUT2D eigenvalue weighted by Gasteiger charge is -2.13. The third-order valence-electron chi connectivity index (χ3n) is 2.52. The summed E-state index contributed by atoms with van der Waals surface area (Å²) >= 11 is 0. The Bertz CT molecular complexity index is 447. The van der Waals surface area contributed by atoms with Crippen molar-refractivity contribution in [3.05, 3.63) is 33.9 Å². The zero-order valence-corrected chi connectivity index (χ0v) is 8.78. The van der Waals surface area contributed by atoms with E-state index in [1.807, 2.05) is 0 Å². The van der Waals surface area contributed by atoms with Gasteiger partial charge in [0.05, 0.1) is 4.92 Å². The van der Waals surface area contributed by atoms with Crippen LogP contribution in [0.15, 0.2) is 12.1 Å². The van der Waals surface area contributed by atoms with Crippen LogP contribution in [0, 0.1) is 21.7 Å². The van der Waals surface area contributed by atoms with Crippen LogP contribution < -0.4 is 10.1 Å². The van der Waals surface area contributed by atoms with Gasteiger partial charge in [-0.15, -0.1) is 0 Å². The van der Waals surface area contributed by atoms with E-state index in [1.165, 1.54) is 0 Å². The highest BCUT2D eigenvalue weighted by Crippen LogP contribution is 2.30. The van der Waals surface area contributed by atoms with Gasteiger partial charge in [0.2, 0.25) is 5.82 Å². The molecule has 92 valence electrons. The first kappa shape index (κ1) is 11.7. The van der Waals surface area contributed by atoms with E-state index in [9.17, 15) is 18.9 Å². The lowest BCUT2D eigenvalue weighted by molar-refractivity contribution is -0.387. The Morgan fingerprint density at radius 3 is 2.82 bits per heavy atom. The number of hydrogen-bond acceptors (Lipinski definition) is 4. The Labute approximate surface area is 95.5 Å². The molecule has 1 aromatic rings. The third kappa shape index (κ3) is 2.33. The average Bonchev–Trinajstić information content (AvgIpc) is 2.76. The molecule has 0 bridgehead atoms. The van der Waals surface area contributed by atoms with E-state index in [-0.39, 0.29) is 6.10 Å². The SMILES string of the molecule is O=[N+]([O-])c1ccc(F)c(OC2CCNC2)c1F. The van der Waals surface area contributed by atoms with Crippen LogP contribution in [0.25, 0.3) is 0 Å². The zero-order chi connectivity index (χ0) is 12.4. The van der Waals surface area contributed by atoms with Gasteiger partial charge in [-0.05, 0) is 19.0 Å². The fourth-order valence-corrected chi connectivity index (χ4v) is 1.67. The molecule has 1 saturated heterocycles. The fraction of sp³-hybridized carbons (Fsp3) is 0.400. The summed E-state index contributed by atoms with van der Waals surface area (Å²) in [6, 6.07) is 1.61. The molecule has 0 aromatic heterocycles. The largest absolute Gasteiger partial charge is 0.483 e. The van der Waals surface area contributed by atoms with Gasteiger partial charge in [-0.25, -0.2) is 4.39 Å². The monoisotopic (exact) mass is 244 g/mol. The highest BCUT2D eigenvalue weighted by Gasteiger charge is 2.26. The maximum Gasteiger partial charge on any atom is 0.308 e. The molecule has 1 N–H and O–H groups in total. The molecule has 5 nitrogen and oxygen atoms in total. The number of benzene rings is 1. The number of rotatable bonds is 3. The minimum Gasteiger partial charge on any atom is -0.483 e. The molecule has 1 unspecified atom stereocenters. The molecule has 2 rings (SSSR count). The minimum atomic E-state index is -1.26. The normalized spacial score (nSPS) is 19.3. The summed E-state index contributed by atoms with van der Waals surface area (Å²) < 4.78 is 32.1. The van der Waals surface area contributed by atoms with Crippen molar-refractivity contribution in [1.82, 2.24) is 5.32 Å². The van der Waals surface area contributed by atoms with E-state index < -0.39 is 28.0 Å². The molecule has 17 heavy (non-hydrogen) atoms. The van der Waals surface area contributed by atoms with Crippen LogP contribution in [0.1, 0.15) is 6.42 Å². The third-order valence-corrected chi connectivity index (χ3v) is 2.52. The lowest BCUT2D eigenvalue weighted by atomic mass is 10.2. The molecule has 0 saturated carbocycles. The van der Waals surface area contributed by atoms with E-state index in [4.69, 9.17) is 4.74 Å². The first-order chi connectivity index (χ1) is 8.09. The summed E-state index contributed by atoms with van der Waals surface area (Å²) in [6.07, 6.45) is 0.252. The van der Waals surface area contributed by atoms with Crippen molar-refractivity contribution < 1.29 is 18.4 Å². The molecule has 1 aromatic carbocycles. The highest BCUT2D eigenvalue weighted by molar-refractivity contribution is 5.41. The van der Waals surface area contributed by atoms with Gasteiger partial charge in [-0.1, -0.05) is 0 Å². The maximum absolute atomic E-state index is 13.6. The molecular formula is C10H10F2N2O3. The van der Waals surface area contributed by atoms with Gasteiger partial charge >= 0.3 is 5.69 Å². The number of hydrogen-bond donors (Lipinski definition) is 1. The van der Waals surface area contributed by atoms with Crippen molar-refractivity contribution in [2.45, 2.75) is 12.5 Å². The molecule has 1 aliphatic rings. The Morgan fingerprint density at radius 2 is 2.24 bits per heavy atom. The topological polar surface area (TPSA) is 64.4 Å². The summed E-state index contributed by atoms with van der Waals surface area (Å²) in [5, 5.41) is 13.5. The Hall–Kier alpha value is -1.76. The van der Waals surface area contributed by atoms with E-state index in [0.29, 0.717) is 19.5 Å². The molecule has 0 amide bonds. The second kappa shape index (κ2) is 4.62. The zero-order valence-electron chi connectivity index (χ0n) is 8.78. The molecule has 0 radical (unpaired) electrons. The predicted octanol–water partition coefficient (Wildman–Crippen LogP) is 1.61. The quantitative estimate of drug-likeness (QED) is 0.648. The van der Waals surface area contributed by atoms with Crippen LogP contribution in [0.5, 0.6) is 5.75 Å². The van der Waals surface area contributed by atoms with Crippen molar-refractivity contribution >= 4 is 5.69 Å². The number of nitro groups is 1. The highest BCUT2D eigenvalue weighted by atomic mass is 19.1. The summed E-state index contributed by atoms with van der Waals surface area (Å²) in [5.41, 5.74) is -0.785. The van der Waals surface area contributed by atoms with Gasteiger partial charge in [0, 0.05) is 12.6 Å². The predicted molar refractivity (Wildman–Crippen MR) is 54.9 cm³/mol. The van der Waals surface area contributed by atoms with Gasteiger partial charge < -0.3 is 10.1 Å². The van der Waals surface area contributed by atoms with Crippen molar-refractivity contribution in [1.29, 1.82) is 0 Å². The molecule has 1 atom stereocenters. The van der Waals surface area contributed by atoms with Crippen LogP contribution >= 0.6 is 0 Å². The smallest absolute Gasteiger partial charge is 0.308 e. The van der Waals surface area contributed by atoms with Crippen LogP contribution in [-0.4, -0.2) is 24.1 Å². The van der Waals surface area contributed by atoms with Crippen LogP contribution in [0.3, 0.4) is 0 Å². The molecular weight excluding hydrogens is 234 g/mol.